The number of ether oxygens (including phenoxy) is 10. The number of rotatable bonds is 33. The van der Waals surface area contributed by atoms with Gasteiger partial charge in [-0.2, -0.15) is 0 Å². The van der Waals surface area contributed by atoms with Crippen molar-refractivity contribution in [2.45, 2.75) is 84.8 Å². The molecule has 2 N–H and O–H groups in total. The van der Waals surface area contributed by atoms with E-state index in [9.17, 15) is 28.8 Å². The van der Waals surface area contributed by atoms with Gasteiger partial charge in [-0.3, -0.25) is 28.8 Å². The van der Waals surface area contributed by atoms with Crippen molar-refractivity contribution in [3.05, 3.63) is 0 Å². The van der Waals surface area contributed by atoms with Crippen LogP contribution < -0.4 is 10.6 Å². The Morgan fingerprint density at radius 3 is 1.40 bits per heavy atom. The molecule has 0 saturated heterocycles. The topological polar surface area (TPSA) is 219 Å². The number of nitrogens with one attached hydrogen (secondary N) is 2. The van der Waals surface area contributed by atoms with Gasteiger partial charge in [0.15, 0.2) is 0 Å². The van der Waals surface area contributed by atoms with Crippen molar-refractivity contribution in [1.82, 2.24) is 10.6 Å². The highest BCUT2D eigenvalue weighted by molar-refractivity contribution is 5.80. The van der Waals surface area contributed by atoms with Gasteiger partial charge in [-0.05, 0) is 48.0 Å². The van der Waals surface area contributed by atoms with E-state index >= 15 is 0 Å². The van der Waals surface area contributed by atoms with Gasteiger partial charge < -0.3 is 58.0 Å². The Balaban J connectivity index is 4.88. The molecule has 0 unspecified atom stereocenters. The maximum Gasteiger partial charge on any atom is 0.308 e. The van der Waals surface area contributed by atoms with E-state index in [-0.39, 0.29) is 104 Å². The summed E-state index contributed by atoms with van der Waals surface area (Å²) in [6.07, 6.45) is 0.672. The number of esters is 4. The average Bonchev–Trinajstić information content (AvgIpc) is 3.07. The number of amides is 2. The molecule has 53 heavy (non-hydrogen) atoms. The van der Waals surface area contributed by atoms with E-state index in [1.54, 1.807) is 20.8 Å². The quantitative estimate of drug-likeness (QED) is 0.0542. The summed E-state index contributed by atoms with van der Waals surface area (Å²) in [6, 6.07) is 0. The zero-order valence-corrected chi connectivity index (χ0v) is 32.4. The Labute approximate surface area is 312 Å². The van der Waals surface area contributed by atoms with Gasteiger partial charge in [0.25, 0.3) is 0 Å². The number of carbonyl (C=O) groups is 6. The largest absolute Gasteiger partial charge is 0.466 e. The van der Waals surface area contributed by atoms with Crippen molar-refractivity contribution in [3.8, 4) is 0 Å². The van der Waals surface area contributed by atoms with Crippen molar-refractivity contribution >= 4 is 35.7 Å². The first kappa shape index (κ1) is 49.6. The second kappa shape index (κ2) is 31.0. The van der Waals surface area contributed by atoms with Gasteiger partial charge in [0, 0.05) is 19.6 Å². The van der Waals surface area contributed by atoms with E-state index in [4.69, 9.17) is 47.4 Å². The Kier molecular flexibility index (Phi) is 29.0. The van der Waals surface area contributed by atoms with Crippen LogP contribution in [0.2, 0.25) is 0 Å². The van der Waals surface area contributed by atoms with Crippen LogP contribution >= 0.6 is 0 Å². The van der Waals surface area contributed by atoms with Crippen molar-refractivity contribution in [3.63, 3.8) is 0 Å². The molecule has 2 amide bonds. The molecule has 0 aliphatic carbocycles. The lowest BCUT2D eigenvalue weighted by atomic mass is 10.0. The Morgan fingerprint density at radius 2 is 0.943 bits per heavy atom. The molecule has 0 radical (unpaired) electrons. The van der Waals surface area contributed by atoms with E-state index in [1.807, 2.05) is 20.8 Å². The number of hydrogen-bond acceptors (Lipinski definition) is 16. The molecule has 18 nitrogen and oxygen atoms in total. The fraction of sp³-hybridized carbons (Fsp3) is 0.829. The first-order chi connectivity index (χ1) is 25.3. The van der Waals surface area contributed by atoms with E-state index in [1.165, 1.54) is 0 Å². The molecule has 0 heterocycles. The van der Waals surface area contributed by atoms with Crippen LogP contribution in [0.3, 0.4) is 0 Å². The summed E-state index contributed by atoms with van der Waals surface area (Å²) in [4.78, 5) is 72.3. The van der Waals surface area contributed by atoms with Gasteiger partial charge in [-0.1, -0.05) is 0 Å². The zero-order valence-electron chi connectivity index (χ0n) is 32.4. The Bertz CT molecular complexity index is 985. The summed E-state index contributed by atoms with van der Waals surface area (Å²) >= 11 is 0. The molecule has 308 valence electrons. The fourth-order valence-corrected chi connectivity index (χ4v) is 4.12. The summed E-state index contributed by atoms with van der Waals surface area (Å²) in [5.41, 5.74) is -1.87. The highest BCUT2D eigenvalue weighted by atomic mass is 16.6. The van der Waals surface area contributed by atoms with Crippen LogP contribution in [-0.2, 0) is 76.1 Å². The molecule has 0 saturated carbocycles. The van der Waals surface area contributed by atoms with Crippen LogP contribution in [0.15, 0.2) is 0 Å². The minimum atomic E-state index is -1.35. The minimum Gasteiger partial charge on any atom is -0.466 e. The van der Waals surface area contributed by atoms with Crippen molar-refractivity contribution in [1.29, 1.82) is 0 Å². The summed E-state index contributed by atoms with van der Waals surface area (Å²) in [5, 5.41) is 5.39. The van der Waals surface area contributed by atoms with E-state index < -0.39 is 54.1 Å². The Morgan fingerprint density at radius 1 is 0.491 bits per heavy atom. The normalized spacial score (nSPS) is 11.4. The highest BCUT2D eigenvalue weighted by Gasteiger charge is 2.34. The van der Waals surface area contributed by atoms with Gasteiger partial charge in [-0.25, -0.2) is 0 Å². The first-order valence-electron chi connectivity index (χ1n) is 18.0. The third kappa shape index (κ3) is 30.7. The first-order valence-corrected chi connectivity index (χ1v) is 18.0. The van der Waals surface area contributed by atoms with Crippen LogP contribution in [-0.4, -0.2) is 152 Å². The van der Waals surface area contributed by atoms with Crippen molar-refractivity contribution in [2.24, 2.45) is 0 Å². The highest BCUT2D eigenvalue weighted by Crippen LogP contribution is 2.12. The summed E-state index contributed by atoms with van der Waals surface area (Å²) in [7, 11) is 0. The fourth-order valence-electron chi connectivity index (χ4n) is 4.12. The van der Waals surface area contributed by atoms with E-state index in [0.29, 0.717) is 26.2 Å². The molecule has 0 aliphatic rings. The van der Waals surface area contributed by atoms with Crippen LogP contribution in [0.1, 0.15) is 73.6 Å². The molecule has 0 fully saturated rings. The maximum absolute atomic E-state index is 13.0. The lowest BCUT2D eigenvalue weighted by Gasteiger charge is -2.34. The van der Waals surface area contributed by atoms with Gasteiger partial charge in [-0.15, -0.1) is 0 Å². The maximum atomic E-state index is 13.0. The summed E-state index contributed by atoms with van der Waals surface area (Å²) in [5.74, 6) is -2.77. The molecule has 0 atom stereocenters. The predicted octanol–water partition coefficient (Wildman–Crippen LogP) is 1.04. The monoisotopic (exact) mass is 766 g/mol. The standard InChI is InChI=1S/C35H62N2O16/c1-7-50-30(40)12-17-46-25-35(26-47-18-13-31(41)51-8-2,27-48-19-14-32(42)52-9-3)37-29(39)24-49-23-28(38)36-15-20-45-22-21-44-16-10-11-33(43)53-34(4,5)6/h7-27H2,1-6H3,(H,36,38)(H,37,39). The molecule has 0 rings (SSSR count). The minimum absolute atomic E-state index is 0.0363. The van der Waals surface area contributed by atoms with Gasteiger partial charge >= 0.3 is 23.9 Å². The van der Waals surface area contributed by atoms with E-state index in [0.717, 1.165) is 0 Å². The second-order valence-electron chi connectivity index (χ2n) is 12.4. The summed E-state index contributed by atoms with van der Waals surface area (Å²) < 4.78 is 53.3. The molecule has 0 aromatic carbocycles. The third-order valence-electron chi connectivity index (χ3n) is 6.30. The molecule has 18 heteroatoms. The van der Waals surface area contributed by atoms with Gasteiger partial charge in [0.05, 0.1) is 98.5 Å². The average molecular weight is 767 g/mol. The Hall–Kier alpha value is -3.42. The molecular weight excluding hydrogens is 704 g/mol. The van der Waals surface area contributed by atoms with Crippen molar-refractivity contribution in [2.75, 3.05) is 106 Å². The lowest BCUT2D eigenvalue weighted by Crippen LogP contribution is -2.59. The lowest BCUT2D eigenvalue weighted by molar-refractivity contribution is -0.155. The SMILES string of the molecule is CCOC(=O)CCOCC(COCCC(=O)OCC)(COCCC(=O)OCC)NC(=O)COCC(=O)NCCOCCOCCCC(=O)OC(C)(C)C. The molecule has 0 bridgehead atoms. The molecule has 0 aromatic rings. The molecule has 0 aliphatic heterocycles. The number of hydrogen-bond donors (Lipinski definition) is 2. The molecular formula is C35H62N2O16. The third-order valence-corrected chi connectivity index (χ3v) is 6.30. The van der Waals surface area contributed by atoms with E-state index in [2.05, 4.69) is 10.6 Å². The van der Waals surface area contributed by atoms with Crippen molar-refractivity contribution < 1.29 is 76.1 Å². The molecule has 0 aromatic heterocycles. The van der Waals surface area contributed by atoms with Gasteiger partial charge in [0.1, 0.15) is 24.4 Å². The van der Waals surface area contributed by atoms with Crippen LogP contribution in [0, 0.1) is 0 Å². The summed E-state index contributed by atoms with van der Waals surface area (Å²) in [6.45, 7) is 11.0. The predicted molar refractivity (Wildman–Crippen MR) is 188 cm³/mol. The number of carbonyl (C=O) groups excluding carboxylic acids is 6. The smallest absolute Gasteiger partial charge is 0.308 e. The van der Waals surface area contributed by atoms with Gasteiger partial charge in [0.2, 0.25) is 11.8 Å². The molecule has 0 spiro atoms. The van der Waals surface area contributed by atoms with Crippen LogP contribution in [0.25, 0.3) is 0 Å². The van der Waals surface area contributed by atoms with Crippen LogP contribution in [0.5, 0.6) is 0 Å². The van der Waals surface area contributed by atoms with Crippen LogP contribution in [0.4, 0.5) is 0 Å². The second-order valence-corrected chi connectivity index (χ2v) is 12.4. The zero-order chi connectivity index (χ0) is 39.8.